The number of benzene rings is 1. The summed E-state index contributed by atoms with van der Waals surface area (Å²) >= 11 is 0. The zero-order chi connectivity index (χ0) is 41.0. The SMILES string of the molecule is COCC1(S(=O)(=O)NC(=O)[C@]23CC(=O)[C@@H]4C[C@]5(CCc6c(c(C)nc7ccc(OC)cc67)O5)CN4C(=O)[C@@H](CC(=O)OC(C)(C)C)CCCCC/C=C\[C@@H]2C3)CC1. The van der Waals surface area contributed by atoms with Gasteiger partial charge in [-0.2, -0.15) is 0 Å². The number of nitrogens with one attached hydrogen (secondary N) is 1. The third-order valence-corrected chi connectivity index (χ3v) is 14.8. The normalized spacial score (nSPS) is 29.2. The Labute approximate surface area is 335 Å². The molecular weight excluding hydrogens is 751 g/mol. The Morgan fingerprint density at radius 3 is 2.54 bits per heavy atom. The van der Waals surface area contributed by atoms with Crippen molar-refractivity contribution >= 4 is 44.5 Å². The number of hydrogen-bond acceptors (Lipinski definition) is 11. The second kappa shape index (κ2) is 15.3. The number of carbonyl (C=O) groups excluding carboxylic acids is 4. The molecule has 3 fully saturated rings. The molecule has 3 aliphatic heterocycles. The molecule has 7 rings (SSSR count). The third kappa shape index (κ3) is 8.17. The molecule has 310 valence electrons. The summed E-state index contributed by atoms with van der Waals surface area (Å²) in [4.78, 5) is 63.6. The molecule has 0 radical (unpaired) electrons. The summed E-state index contributed by atoms with van der Waals surface area (Å²) in [5, 5.41) is 0.913. The Hall–Kier alpha value is -4.04. The number of aryl methyl sites for hydroxylation is 2. The van der Waals surface area contributed by atoms with Gasteiger partial charge in [-0.15, -0.1) is 0 Å². The molecule has 2 aromatic rings. The van der Waals surface area contributed by atoms with Crippen LogP contribution in [0.4, 0.5) is 0 Å². The fraction of sp³-hybridized carbons (Fsp3) is 0.651. The van der Waals surface area contributed by atoms with Crippen molar-refractivity contribution < 1.29 is 46.5 Å². The van der Waals surface area contributed by atoms with E-state index in [1.165, 1.54) is 7.11 Å². The van der Waals surface area contributed by atoms with E-state index >= 15 is 0 Å². The van der Waals surface area contributed by atoms with Crippen LogP contribution in [-0.2, 0) is 45.1 Å². The number of allylic oxidation sites excluding steroid dienone is 2. The van der Waals surface area contributed by atoms with E-state index in [1.54, 1.807) is 32.8 Å². The standard InChI is InChI=1S/C43H57N3O10S/c1-27-37-31(32-21-30(54-6)14-15-33(32)44-27)16-17-41(56-37)23-34-35(47)24-43(39(50)45-57(51,52)42(18-19-42)26-53-5)22-29(43)13-11-9-7-8-10-12-28(38(49)46(34)25-41)20-36(48)55-40(2,3)4/h11,13-15,21,28-29,34H,7-10,12,16-20,22-26H2,1-6H3,(H,45,50)/b13-11-/t28-,29-,34+,41-,43-/m1/s1. The van der Waals surface area contributed by atoms with Crippen LogP contribution in [0.5, 0.6) is 11.5 Å². The first-order valence-electron chi connectivity index (χ1n) is 20.4. The quantitative estimate of drug-likeness (QED) is 0.258. The van der Waals surface area contributed by atoms with Gasteiger partial charge in [0.15, 0.2) is 5.78 Å². The van der Waals surface area contributed by atoms with Crippen molar-refractivity contribution in [2.45, 2.75) is 133 Å². The molecule has 5 atom stereocenters. The third-order valence-electron chi connectivity index (χ3n) is 12.7. The lowest BCUT2D eigenvalue weighted by Crippen LogP contribution is -2.48. The molecular formula is C43H57N3O10S. The molecule has 1 spiro atoms. The largest absolute Gasteiger partial charge is 0.497 e. The number of esters is 1. The van der Waals surface area contributed by atoms with Gasteiger partial charge in [0.1, 0.15) is 27.4 Å². The number of Topliss-reactive ketones (excluding diaryl/α,β-unsaturated/α-hetero) is 1. The van der Waals surface area contributed by atoms with Crippen LogP contribution in [0.2, 0.25) is 0 Å². The smallest absolute Gasteiger partial charge is 0.307 e. The Bertz CT molecular complexity index is 2090. The van der Waals surface area contributed by atoms with E-state index in [1.807, 2.05) is 37.3 Å². The van der Waals surface area contributed by atoms with Crippen LogP contribution in [0.3, 0.4) is 0 Å². The number of hydrogen-bond donors (Lipinski definition) is 1. The summed E-state index contributed by atoms with van der Waals surface area (Å²) in [6, 6.07) is 4.76. The second-order valence-corrected chi connectivity index (χ2v) is 20.2. The van der Waals surface area contributed by atoms with Gasteiger partial charge in [-0.25, -0.2) is 13.4 Å². The van der Waals surface area contributed by atoms with Crippen molar-refractivity contribution in [1.29, 1.82) is 0 Å². The van der Waals surface area contributed by atoms with Crippen LogP contribution >= 0.6 is 0 Å². The van der Waals surface area contributed by atoms with Gasteiger partial charge in [-0.05, 0) is 103 Å². The highest BCUT2D eigenvalue weighted by molar-refractivity contribution is 7.91. The van der Waals surface area contributed by atoms with Crippen molar-refractivity contribution in [2.75, 3.05) is 27.4 Å². The Morgan fingerprint density at radius 2 is 1.84 bits per heavy atom. The minimum Gasteiger partial charge on any atom is -0.497 e. The van der Waals surface area contributed by atoms with Gasteiger partial charge in [-0.3, -0.25) is 23.9 Å². The van der Waals surface area contributed by atoms with Gasteiger partial charge in [0.2, 0.25) is 21.8 Å². The molecule has 2 aliphatic carbocycles. The summed E-state index contributed by atoms with van der Waals surface area (Å²) < 4.78 is 51.6. The van der Waals surface area contributed by atoms with Crippen molar-refractivity contribution in [2.24, 2.45) is 17.3 Å². The lowest BCUT2D eigenvalue weighted by molar-refractivity contribution is -0.159. The van der Waals surface area contributed by atoms with Crippen molar-refractivity contribution in [3.05, 3.63) is 41.6 Å². The first-order chi connectivity index (χ1) is 26.9. The number of methoxy groups -OCH3 is 2. The molecule has 1 aromatic heterocycles. The lowest BCUT2D eigenvalue weighted by Gasteiger charge is -2.36. The van der Waals surface area contributed by atoms with Crippen molar-refractivity contribution in [3.63, 3.8) is 0 Å². The molecule has 2 amide bonds. The first kappa shape index (κ1) is 41.1. The number of ether oxygens (including phenoxy) is 4. The number of amides is 2. The minimum atomic E-state index is -4.09. The van der Waals surface area contributed by atoms with E-state index in [2.05, 4.69) is 4.72 Å². The number of pyridine rings is 1. The highest BCUT2D eigenvalue weighted by Crippen LogP contribution is 2.58. The van der Waals surface area contributed by atoms with E-state index in [9.17, 15) is 27.6 Å². The van der Waals surface area contributed by atoms with Crippen LogP contribution in [-0.4, -0.2) is 91.2 Å². The molecule has 1 saturated heterocycles. The number of aromatic nitrogens is 1. The number of fused-ring (bicyclic) bond motifs is 5. The molecule has 57 heavy (non-hydrogen) atoms. The topological polar surface area (TPSA) is 167 Å². The number of nitrogens with zero attached hydrogens (tertiary/aromatic N) is 2. The summed E-state index contributed by atoms with van der Waals surface area (Å²) in [5.74, 6) is -1.58. The summed E-state index contributed by atoms with van der Waals surface area (Å²) in [7, 11) is -1.04. The van der Waals surface area contributed by atoms with Gasteiger partial charge in [0.05, 0.1) is 49.3 Å². The number of sulfonamides is 1. The predicted octanol–water partition coefficient (Wildman–Crippen LogP) is 5.68. The minimum absolute atomic E-state index is 0.0297. The Morgan fingerprint density at radius 1 is 1.07 bits per heavy atom. The van der Waals surface area contributed by atoms with Gasteiger partial charge in [0.25, 0.3) is 0 Å². The van der Waals surface area contributed by atoms with Gasteiger partial charge >= 0.3 is 5.97 Å². The first-order valence-corrected chi connectivity index (χ1v) is 21.9. The van der Waals surface area contributed by atoms with E-state index in [-0.39, 0.29) is 50.0 Å². The molecule has 2 saturated carbocycles. The maximum Gasteiger partial charge on any atom is 0.307 e. The number of ketones is 1. The molecule has 14 heteroatoms. The van der Waals surface area contributed by atoms with Crippen LogP contribution in [0, 0.1) is 24.2 Å². The predicted molar refractivity (Wildman–Crippen MR) is 212 cm³/mol. The zero-order valence-electron chi connectivity index (χ0n) is 34.1. The van der Waals surface area contributed by atoms with Crippen LogP contribution in [0.15, 0.2) is 30.4 Å². The van der Waals surface area contributed by atoms with Gasteiger partial charge in [-0.1, -0.05) is 25.0 Å². The van der Waals surface area contributed by atoms with Crippen LogP contribution in [0.25, 0.3) is 10.9 Å². The van der Waals surface area contributed by atoms with Gasteiger partial charge < -0.3 is 23.8 Å². The van der Waals surface area contributed by atoms with E-state index in [0.717, 1.165) is 35.7 Å². The molecule has 5 aliphatic rings. The fourth-order valence-electron chi connectivity index (χ4n) is 9.29. The van der Waals surface area contributed by atoms with Crippen LogP contribution < -0.4 is 14.2 Å². The maximum atomic E-state index is 14.9. The average molecular weight is 808 g/mol. The maximum absolute atomic E-state index is 14.9. The van der Waals surface area contributed by atoms with E-state index < -0.39 is 55.2 Å². The molecule has 0 bridgehead atoms. The van der Waals surface area contributed by atoms with E-state index in [4.69, 9.17) is 23.9 Å². The monoisotopic (exact) mass is 807 g/mol. The summed E-state index contributed by atoms with van der Waals surface area (Å²) in [6.45, 7) is 7.33. The highest BCUT2D eigenvalue weighted by Gasteiger charge is 2.64. The average Bonchev–Trinajstić information content (AvgIpc) is 4.05. The van der Waals surface area contributed by atoms with Gasteiger partial charge in [0, 0.05) is 36.8 Å². The van der Waals surface area contributed by atoms with Crippen molar-refractivity contribution in [3.8, 4) is 11.5 Å². The molecule has 1 N–H and O–H groups in total. The van der Waals surface area contributed by atoms with Crippen molar-refractivity contribution in [1.82, 2.24) is 14.6 Å². The van der Waals surface area contributed by atoms with E-state index in [0.29, 0.717) is 62.1 Å². The summed E-state index contributed by atoms with van der Waals surface area (Å²) in [5.41, 5.74) is -0.476. The summed E-state index contributed by atoms with van der Waals surface area (Å²) in [6.07, 6.45) is 9.47. The Balaban J connectivity index is 1.23. The highest BCUT2D eigenvalue weighted by atomic mass is 32.2. The zero-order valence-corrected chi connectivity index (χ0v) is 34.9. The molecule has 4 heterocycles. The Kier molecular flexibility index (Phi) is 11.0. The lowest BCUT2D eigenvalue weighted by atomic mass is 9.85. The molecule has 0 unspecified atom stereocenters. The second-order valence-electron chi connectivity index (χ2n) is 18.1. The molecule has 13 nitrogen and oxygen atoms in total. The number of rotatable bonds is 8. The van der Waals surface area contributed by atoms with Crippen LogP contribution in [0.1, 0.15) is 109 Å². The fourth-order valence-corrected chi connectivity index (χ4v) is 10.9. The number of carbonyl (C=O) groups is 4. The molecule has 1 aromatic carbocycles.